The van der Waals surface area contributed by atoms with Crippen molar-refractivity contribution < 1.29 is 19.4 Å². The quantitative estimate of drug-likeness (QED) is 0.628. The van der Waals surface area contributed by atoms with Crippen molar-refractivity contribution in [1.29, 1.82) is 0 Å². The van der Waals surface area contributed by atoms with Crippen LogP contribution in [0, 0.1) is 0 Å². The number of methoxy groups -OCH3 is 1. The van der Waals surface area contributed by atoms with Crippen LogP contribution in [0.3, 0.4) is 0 Å². The van der Waals surface area contributed by atoms with Gasteiger partial charge >= 0.3 is 5.97 Å². The normalized spacial score (nSPS) is 11.2. The van der Waals surface area contributed by atoms with Gasteiger partial charge in [-0.05, 0) is 31.5 Å². The molecule has 116 valence electrons. The van der Waals surface area contributed by atoms with Crippen molar-refractivity contribution in [3.63, 3.8) is 0 Å². The van der Waals surface area contributed by atoms with E-state index >= 15 is 0 Å². The Morgan fingerprint density at radius 1 is 1.24 bits per heavy atom. The zero-order valence-electron chi connectivity index (χ0n) is 12.6. The second kappa shape index (κ2) is 7.75. The summed E-state index contributed by atoms with van der Waals surface area (Å²) in [5.41, 5.74) is 0.370. The monoisotopic (exact) mass is 294 g/mol. The third-order valence-electron chi connectivity index (χ3n) is 3.19. The highest BCUT2D eigenvalue weighted by atomic mass is 16.5. The molecule has 0 fully saturated rings. The van der Waals surface area contributed by atoms with Gasteiger partial charge in [-0.15, -0.1) is 0 Å². The van der Waals surface area contributed by atoms with Gasteiger partial charge in [0.15, 0.2) is 0 Å². The Bertz CT molecular complexity index is 483. The summed E-state index contributed by atoms with van der Waals surface area (Å²) >= 11 is 0. The standard InChI is InChI=1S/C15H22N2O4/c1-15(2,14(19)20)11-4-6-12(7-5-11)17-13(18)10-16-8-9-21-3/h4-7,16H,8-10H2,1-3H3,(H,17,18)(H,19,20). The smallest absolute Gasteiger partial charge is 0.313 e. The number of carbonyl (C=O) groups is 2. The highest BCUT2D eigenvalue weighted by Gasteiger charge is 2.29. The highest BCUT2D eigenvalue weighted by Crippen LogP contribution is 2.24. The van der Waals surface area contributed by atoms with Crippen LogP contribution < -0.4 is 10.6 Å². The summed E-state index contributed by atoms with van der Waals surface area (Å²) in [5.74, 6) is -1.04. The van der Waals surface area contributed by atoms with E-state index < -0.39 is 11.4 Å². The molecule has 0 aliphatic heterocycles. The number of carboxylic acid groups (broad SMARTS) is 1. The zero-order chi connectivity index (χ0) is 15.9. The van der Waals surface area contributed by atoms with Crippen molar-refractivity contribution in [3.8, 4) is 0 Å². The van der Waals surface area contributed by atoms with Gasteiger partial charge in [-0.1, -0.05) is 12.1 Å². The molecule has 0 saturated heterocycles. The molecular formula is C15H22N2O4. The largest absolute Gasteiger partial charge is 0.481 e. The molecule has 0 atom stereocenters. The number of ether oxygens (including phenoxy) is 1. The Morgan fingerprint density at radius 2 is 1.86 bits per heavy atom. The Hall–Kier alpha value is -1.92. The molecule has 0 radical (unpaired) electrons. The van der Waals surface area contributed by atoms with Crippen LogP contribution in [-0.4, -0.2) is 43.8 Å². The molecule has 0 aliphatic carbocycles. The number of aliphatic carboxylic acids is 1. The second-order valence-corrected chi connectivity index (χ2v) is 5.23. The van der Waals surface area contributed by atoms with Crippen LogP contribution >= 0.6 is 0 Å². The third kappa shape index (κ3) is 5.17. The van der Waals surface area contributed by atoms with Crippen LogP contribution in [0.2, 0.25) is 0 Å². The predicted molar refractivity (Wildman–Crippen MR) is 80.5 cm³/mol. The van der Waals surface area contributed by atoms with E-state index in [4.69, 9.17) is 9.84 Å². The number of rotatable bonds is 8. The van der Waals surface area contributed by atoms with Gasteiger partial charge < -0.3 is 20.5 Å². The van der Waals surface area contributed by atoms with Gasteiger partial charge in [0.05, 0.1) is 18.6 Å². The number of carboxylic acids is 1. The van der Waals surface area contributed by atoms with Gasteiger partial charge in [0.25, 0.3) is 0 Å². The molecule has 0 aliphatic rings. The number of carbonyl (C=O) groups excluding carboxylic acids is 1. The Balaban J connectivity index is 2.55. The maximum atomic E-state index is 11.7. The van der Waals surface area contributed by atoms with Gasteiger partial charge in [-0.2, -0.15) is 0 Å². The first-order valence-electron chi connectivity index (χ1n) is 6.71. The Labute approximate surface area is 124 Å². The summed E-state index contributed by atoms with van der Waals surface area (Å²) in [7, 11) is 1.60. The maximum absolute atomic E-state index is 11.7. The lowest BCUT2D eigenvalue weighted by atomic mass is 9.85. The molecule has 1 rings (SSSR count). The zero-order valence-corrected chi connectivity index (χ0v) is 12.6. The summed E-state index contributed by atoms with van der Waals surface area (Å²) in [4.78, 5) is 22.8. The molecular weight excluding hydrogens is 272 g/mol. The number of hydrogen-bond donors (Lipinski definition) is 3. The number of hydrogen-bond acceptors (Lipinski definition) is 4. The minimum absolute atomic E-state index is 0.156. The minimum atomic E-state index is -0.954. The van der Waals surface area contributed by atoms with E-state index in [-0.39, 0.29) is 12.5 Å². The minimum Gasteiger partial charge on any atom is -0.481 e. The number of benzene rings is 1. The second-order valence-electron chi connectivity index (χ2n) is 5.23. The van der Waals surface area contributed by atoms with E-state index in [9.17, 15) is 9.59 Å². The number of anilines is 1. The molecule has 0 heterocycles. The first-order valence-corrected chi connectivity index (χ1v) is 6.71. The first-order chi connectivity index (χ1) is 9.87. The number of nitrogens with one attached hydrogen (secondary N) is 2. The Kier molecular flexibility index (Phi) is 6.33. The van der Waals surface area contributed by atoms with Crippen LogP contribution in [0.1, 0.15) is 19.4 Å². The summed E-state index contributed by atoms with van der Waals surface area (Å²) in [6, 6.07) is 6.82. The predicted octanol–water partition coefficient (Wildman–Crippen LogP) is 1.22. The highest BCUT2D eigenvalue weighted by molar-refractivity contribution is 5.92. The van der Waals surface area contributed by atoms with E-state index in [1.165, 1.54) is 0 Å². The molecule has 0 spiro atoms. The van der Waals surface area contributed by atoms with Gasteiger partial charge in [0.2, 0.25) is 5.91 Å². The van der Waals surface area contributed by atoms with Crippen LogP contribution in [0.4, 0.5) is 5.69 Å². The molecule has 0 bridgehead atoms. The molecule has 0 saturated carbocycles. The summed E-state index contributed by atoms with van der Waals surface area (Å²) in [5, 5.41) is 14.8. The molecule has 0 aromatic heterocycles. The first kappa shape index (κ1) is 17.1. The van der Waals surface area contributed by atoms with E-state index in [0.29, 0.717) is 24.4 Å². The third-order valence-corrected chi connectivity index (χ3v) is 3.19. The molecule has 1 amide bonds. The van der Waals surface area contributed by atoms with Crippen molar-refractivity contribution in [2.45, 2.75) is 19.3 Å². The molecule has 6 nitrogen and oxygen atoms in total. The van der Waals surface area contributed by atoms with Crippen LogP contribution in [0.15, 0.2) is 24.3 Å². The van der Waals surface area contributed by atoms with E-state index in [2.05, 4.69) is 10.6 Å². The maximum Gasteiger partial charge on any atom is 0.313 e. The van der Waals surface area contributed by atoms with Crippen molar-refractivity contribution in [3.05, 3.63) is 29.8 Å². The van der Waals surface area contributed by atoms with Crippen molar-refractivity contribution >= 4 is 17.6 Å². The van der Waals surface area contributed by atoms with Gasteiger partial charge in [0, 0.05) is 19.3 Å². The van der Waals surface area contributed by atoms with Crippen LogP contribution in [0.5, 0.6) is 0 Å². The van der Waals surface area contributed by atoms with Crippen molar-refractivity contribution in [2.24, 2.45) is 0 Å². The van der Waals surface area contributed by atoms with E-state index in [0.717, 1.165) is 0 Å². The fourth-order valence-corrected chi connectivity index (χ4v) is 1.68. The van der Waals surface area contributed by atoms with Crippen molar-refractivity contribution in [2.75, 3.05) is 32.1 Å². The SMILES string of the molecule is COCCNCC(=O)Nc1ccc(C(C)(C)C(=O)O)cc1. The molecule has 3 N–H and O–H groups in total. The van der Waals surface area contributed by atoms with Crippen LogP contribution in [-0.2, 0) is 19.7 Å². The molecule has 0 unspecified atom stereocenters. The molecule has 21 heavy (non-hydrogen) atoms. The summed E-state index contributed by atoms with van der Waals surface area (Å²) in [6.07, 6.45) is 0. The number of amides is 1. The molecule has 6 heteroatoms. The summed E-state index contributed by atoms with van der Waals surface area (Å²) < 4.78 is 4.86. The van der Waals surface area contributed by atoms with Gasteiger partial charge in [0.1, 0.15) is 0 Å². The topological polar surface area (TPSA) is 87.7 Å². The fourth-order valence-electron chi connectivity index (χ4n) is 1.68. The summed E-state index contributed by atoms with van der Waals surface area (Å²) in [6.45, 7) is 4.64. The van der Waals surface area contributed by atoms with Gasteiger partial charge in [-0.25, -0.2) is 0 Å². The average molecular weight is 294 g/mol. The van der Waals surface area contributed by atoms with E-state index in [1.807, 2.05) is 0 Å². The molecule has 1 aromatic rings. The van der Waals surface area contributed by atoms with Gasteiger partial charge in [-0.3, -0.25) is 9.59 Å². The lowest BCUT2D eigenvalue weighted by Gasteiger charge is -2.19. The molecule has 1 aromatic carbocycles. The lowest BCUT2D eigenvalue weighted by Crippen LogP contribution is -2.30. The van der Waals surface area contributed by atoms with E-state index in [1.54, 1.807) is 45.2 Å². The Morgan fingerprint density at radius 3 is 2.38 bits per heavy atom. The lowest BCUT2D eigenvalue weighted by molar-refractivity contribution is -0.142. The average Bonchev–Trinajstić information content (AvgIpc) is 2.44. The van der Waals surface area contributed by atoms with Crippen LogP contribution in [0.25, 0.3) is 0 Å². The fraction of sp³-hybridized carbons (Fsp3) is 0.467. The van der Waals surface area contributed by atoms with Crippen molar-refractivity contribution in [1.82, 2.24) is 5.32 Å².